The SMILES string of the molecule is CC1(CN2CCNC(C(C)(C)C)C2)CCCC1. The molecule has 0 bridgehead atoms. The van der Waals surface area contributed by atoms with E-state index in [1.165, 1.54) is 45.3 Å². The minimum absolute atomic E-state index is 0.384. The van der Waals surface area contributed by atoms with Crippen molar-refractivity contribution >= 4 is 0 Å². The quantitative estimate of drug-likeness (QED) is 0.796. The number of nitrogens with one attached hydrogen (secondary N) is 1. The first-order valence-corrected chi connectivity index (χ1v) is 7.35. The van der Waals surface area contributed by atoms with Crippen molar-refractivity contribution in [3.8, 4) is 0 Å². The monoisotopic (exact) mass is 238 g/mol. The molecule has 100 valence electrons. The fourth-order valence-electron chi connectivity index (χ4n) is 3.46. The van der Waals surface area contributed by atoms with Crippen molar-refractivity contribution in [1.82, 2.24) is 10.2 Å². The fourth-order valence-corrected chi connectivity index (χ4v) is 3.46. The summed E-state index contributed by atoms with van der Waals surface area (Å²) in [5.74, 6) is 0. The molecular formula is C15H30N2. The molecular weight excluding hydrogens is 208 g/mol. The molecule has 1 aliphatic carbocycles. The molecule has 0 radical (unpaired) electrons. The Labute approximate surface area is 107 Å². The fraction of sp³-hybridized carbons (Fsp3) is 1.00. The third-order valence-corrected chi connectivity index (χ3v) is 4.72. The van der Waals surface area contributed by atoms with Crippen LogP contribution in [0, 0.1) is 10.8 Å². The van der Waals surface area contributed by atoms with Gasteiger partial charge in [-0.15, -0.1) is 0 Å². The lowest BCUT2D eigenvalue weighted by Crippen LogP contribution is -2.57. The molecule has 0 spiro atoms. The molecule has 1 heterocycles. The largest absolute Gasteiger partial charge is 0.311 e. The van der Waals surface area contributed by atoms with Crippen LogP contribution in [-0.2, 0) is 0 Å². The summed E-state index contributed by atoms with van der Waals surface area (Å²) in [4.78, 5) is 2.71. The van der Waals surface area contributed by atoms with Crippen molar-refractivity contribution in [1.29, 1.82) is 0 Å². The second-order valence-electron chi connectivity index (χ2n) is 7.63. The molecule has 0 aromatic rings. The van der Waals surface area contributed by atoms with Crippen LogP contribution in [0.4, 0.5) is 0 Å². The second kappa shape index (κ2) is 4.89. The number of hydrogen-bond acceptors (Lipinski definition) is 2. The summed E-state index contributed by atoms with van der Waals surface area (Å²) in [6.45, 7) is 14.5. The summed E-state index contributed by atoms with van der Waals surface area (Å²) in [6.07, 6.45) is 5.78. The molecule has 1 atom stereocenters. The first-order valence-electron chi connectivity index (χ1n) is 7.35. The third-order valence-electron chi connectivity index (χ3n) is 4.72. The maximum Gasteiger partial charge on any atom is 0.0244 e. The molecule has 17 heavy (non-hydrogen) atoms. The van der Waals surface area contributed by atoms with Crippen LogP contribution in [-0.4, -0.2) is 37.1 Å². The first kappa shape index (κ1) is 13.4. The van der Waals surface area contributed by atoms with Gasteiger partial charge in [-0.25, -0.2) is 0 Å². The maximum atomic E-state index is 3.68. The lowest BCUT2D eigenvalue weighted by Gasteiger charge is -2.43. The van der Waals surface area contributed by atoms with E-state index in [1.807, 2.05) is 0 Å². The van der Waals surface area contributed by atoms with Crippen molar-refractivity contribution in [2.45, 2.75) is 59.4 Å². The van der Waals surface area contributed by atoms with Gasteiger partial charge in [0.25, 0.3) is 0 Å². The molecule has 2 fully saturated rings. The van der Waals surface area contributed by atoms with Crippen LogP contribution in [0.5, 0.6) is 0 Å². The standard InChI is InChI=1S/C15H30N2/c1-14(2,3)13-11-17(10-9-16-13)12-15(4)7-5-6-8-15/h13,16H,5-12H2,1-4H3. The Morgan fingerprint density at radius 1 is 1.24 bits per heavy atom. The molecule has 0 aromatic heterocycles. The zero-order valence-electron chi connectivity index (χ0n) is 12.2. The molecule has 1 aliphatic heterocycles. The van der Waals surface area contributed by atoms with E-state index in [1.54, 1.807) is 0 Å². The van der Waals surface area contributed by atoms with Gasteiger partial charge in [-0.2, -0.15) is 0 Å². The molecule has 2 aliphatic rings. The Balaban J connectivity index is 1.89. The van der Waals surface area contributed by atoms with Gasteiger partial charge in [0.2, 0.25) is 0 Å². The predicted molar refractivity (Wildman–Crippen MR) is 74.3 cm³/mol. The van der Waals surface area contributed by atoms with Gasteiger partial charge in [0, 0.05) is 32.2 Å². The summed E-state index contributed by atoms with van der Waals surface area (Å²) in [5.41, 5.74) is 0.995. The lowest BCUT2D eigenvalue weighted by molar-refractivity contribution is 0.0942. The van der Waals surface area contributed by atoms with E-state index in [0.29, 0.717) is 16.9 Å². The van der Waals surface area contributed by atoms with Crippen molar-refractivity contribution in [3.63, 3.8) is 0 Å². The minimum atomic E-state index is 0.384. The minimum Gasteiger partial charge on any atom is -0.311 e. The molecule has 2 nitrogen and oxygen atoms in total. The van der Waals surface area contributed by atoms with Crippen LogP contribution in [0.25, 0.3) is 0 Å². The topological polar surface area (TPSA) is 15.3 Å². The smallest absolute Gasteiger partial charge is 0.0244 e. The lowest BCUT2D eigenvalue weighted by atomic mass is 9.84. The number of hydrogen-bond donors (Lipinski definition) is 1. The number of rotatable bonds is 2. The van der Waals surface area contributed by atoms with Gasteiger partial charge in [-0.3, -0.25) is 4.90 Å². The van der Waals surface area contributed by atoms with Gasteiger partial charge in [-0.05, 0) is 23.7 Å². The highest BCUT2D eigenvalue weighted by atomic mass is 15.2. The Hall–Kier alpha value is -0.0800. The summed E-state index contributed by atoms with van der Waals surface area (Å²) >= 11 is 0. The first-order chi connectivity index (χ1) is 7.89. The highest BCUT2D eigenvalue weighted by Gasteiger charge is 2.34. The van der Waals surface area contributed by atoms with E-state index in [4.69, 9.17) is 0 Å². The highest BCUT2D eigenvalue weighted by Crippen LogP contribution is 2.38. The van der Waals surface area contributed by atoms with Crippen LogP contribution in [0.2, 0.25) is 0 Å². The van der Waals surface area contributed by atoms with Crippen molar-refractivity contribution < 1.29 is 0 Å². The third kappa shape index (κ3) is 3.45. The van der Waals surface area contributed by atoms with Gasteiger partial charge in [0.15, 0.2) is 0 Å². The average molecular weight is 238 g/mol. The Bertz CT molecular complexity index is 248. The second-order valence-corrected chi connectivity index (χ2v) is 7.63. The van der Waals surface area contributed by atoms with Gasteiger partial charge in [0.1, 0.15) is 0 Å². The Morgan fingerprint density at radius 2 is 1.88 bits per heavy atom. The summed E-state index contributed by atoms with van der Waals surface area (Å²) in [5, 5.41) is 3.68. The molecule has 2 rings (SSSR count). The van der Waals surface area contributed by atoms with E-state index in [-0.39, 0.29) is 0 Å². The summed E-state index contributed by atoms with van der Waals surface area (Å²) in [6, 6.07) is 0.654. The van der Waals surface area contributed by atoms with Crippen LogP contribution >= 0.6 is 0 Å². The molecule has 1 N–H and O–H groups in total. The van der Waals surface area contributed by atoms with Gasteiger partial charge < -0.3 is 5.32 Å². The van der Waals surface area contributed by atoms with E-state index >= 15 is 0 Å². The van der Waals surface area contributed by atoms with Crippen molar-refractivity contribution in [2.75, 3.05) is 26.2 Å². The molecule has 1 unspecified atom stereocenters. The van der Waals surface area contributed by atoms with Crippen LogP contribution in [0.15, 0.2) is 0 Å². The predicted octanol–water partition coefficient (Wildman–Crippen LogP) is 2.89. The molecule has 0 amide bonds. The zero-order valence-corrected chi connectivity index (χ0v) is 12.2. The summed E-state index contributed by atoms with van der Waals surface area (Å²) in [7, 11) is 0. The Morgan fingerprint density at radius 3 is 2.47 bits per heavy atom. The number of nitrogens with zero attached hydrogens (tertiary/aromatic N) is 1. The molecule has 0 aromatic carbocycles. The van der Waals surface area contributed by atoms with Crippen LogP contribution in [0.3, 0.4) is 0 Å². The number of piperazine rings is 1. The van der Waals surface area contributed by atoms with Crippen molar-refractivity contribution in [2.24, 2.45) is 10.8 Å². The van der Waals surface area contributed by atoms with Crippen LogP contribution in [0.1, 0.15) is 53.4 Å². The Kier molecular flexibility index (Phi) is 3.84. The summed E-state index contributed by atoms with van der Waals surface area (Å²) < 4.78 is 0. The van der Waals surface area contributed by atoms with Gasteiger partial charge in [0.05, 0.1) is 0 Å². The maximum absolute atomic E-state index is 3.68. The molecule has 1 saturated carbocycles. The highest BCUT2D eigenvalue weighted by molar-refractivity contribution is 4.91. The van der Waals surface area contributed by atoms with E-state index in [2.05, 4.69) is 37.9 Å². The molecule has 2 heteroatoms. The van der Waals surface area contributed by atoms with E-state index in [0.717, 1.165) is 6.54 Å². The molecule has 1 saturated heterocycles. The average Bonchev–Trinajstić information content (AvgIpc) is 2.64. The zero-order chi connectivity index (χ0) is 12.5. The van der Waals surface area contributed by atoms with Gasteiger partial charge >= 0.3 is 0 Å². The van der Waals surface area contributed by atoms with E-state index in [9.17, 15) is 0 Å². The van der Waals surface area contributed by atoms with E-state index < -0.39 is 0 Å². The normalized spacial score (nSPS) is 30.7. The van der Waals surface area contributed by atoms with Crippen molar-refractivity contribution in [3.05, 3.63) is 0 Å². The van der Waals surface area contributed by atoms with Gasteiger partial charge in [-0.1, -0.05) is 40.5 Å². The van der Waals surface area contributed by atoms with Crippen LogP contribution < -0.4 is 5.32 Å².